The van der Waals surface area contributed by atoms with Gasteiger partial charge in [-0.3, -0.25) is 19.4 Å². The van der Waals surface area contributed by atoms with E-state index in [2.05, 4.69) is 27.5 Å². The number of aromatic amines is 1. The fourth-order valence-electron chi connectivity index (χ4n) is 4.23. The molecule has 0 aliphatic carbocycles. The quantitative estimate of drug-likeness (QED) is 0.690. The van der Waals surface area contributed by atoms with Crippen LogP contribution in [-0.2, 0) is 9.59 Å². The zero-order valence-electron chi connectivity index (χ0n) is 17.0. The number of hydrogen-bond donors (Lipinski definition) is 3. The van der Waals surface area contributed by atoms with E-state index >= 15 is 0 Å². The van der Waals surface area contributed by atoms with Crippen LogP contribution >= 0.6 is 0 Å². The molecule has 164 valence electrons. The Hall–Kier alpha value is -3.30. The van der Waals surface area contributed by atoms with E-state index in [0.717, 1.165) is 44.4 Å². The molecule has 0 radical (unpaired) electrons. The summed E-state index contributed by atoms with van der Waals surface area (Å²) in [6.45, 7) is 2.81. The second-order valence-corrected chi connectivity index (χ2v) is 7.83. The van der Waals surface area contributed by atoms with E-state index in [4.69, 9.17) is 0 Å². The number of benzene rings is 1. The number of H-pyrrole nitrogens is 1. The minimum Gasteiger partial charge on any atom is -0.339 e. The molecule has 2 aliphatic rings. The van der Waals surface area contributed by atoms with Crippen LogP contribution in [0.4, 0.5) is 26.2 Å². The number of nitrogens with zero attached hydrogens (tertiary/aromatic N) is 2. The Labute approximate surface area is 177 Å². The zero-order valence-corrected chi connectivity index (χ0v) is 17.0. The Kier molecular flexibility index (Phi) is 5.71. The molecule has 4 rings (SSSR count). The van der Waals surface area contributed by atoms with Crippen molar-refractivity contribution in [2.45, 2.75) is 51.0 Å². The van der Waals surface area contributed by atoms with E-state index in [1.807, 2.05) is 4.90 Å². The first-order chi connectivity index (χ1) is 14.9. The van der Waals surface area contributed by atoms with Crippen LogP contribution in [0.3, 0.4) is 0 Å². The van der Waals surface area contributed by atoms with Crippen molar-refractivity contribution in [1.29, 1.82) is 0 Å². The number of carbonyl (C=O) groups is 2. The lowest BCUT2D eigenvalue weighted by Gasteiger charge is -2.36. The van der Waals surface area contributed by atoms with Crippen molar-refractivity contribution in [2.75, 3.05) is 22.1 Å². The number of fused-ring (bicyclic) bond motifs is 1. The maximum atomic E-state index is 13.5. The summed E-state index contributed by atoms with van der Waals surface area (Å²) in [4.78, 5) is 47.2. The van der Waals surface area contributed by atoms with Gasteiger partial charge in [-0.05, 0) is 37.8 Å². The van der Waals surface area contributed by atoms with E-state index in [-0.39, 0.29) is 29.5 Å². The third-order valence-corrected chi connectivity index (χ3v) is 5.81. The standard InChI is InChI=1S/C21H23F2N5O3/c1-2-12-5-3-4-8-28(12)21-26-18-17(20(31)27-21)13(10-16(29)25-18)19(30)24-11-6-7-14(22)15(23)9-11/h6-7,9,12-13H,2-5,8,10H2,1H3,(H,24,30)(H2,25,26,27,29,31)/t12-,13-/m0/s1. The summed E-state index contributed by atoms with van der Waals surface area (Å²) in [5.41, 5.74) is -0.434. The summed E-state index contributed by atoms with van der Waals surface area (Å²) in [6, 6.07) is 3.16. The van der Waals surface area contributed by atoms with E-state index < -0.39 is 34.9 Å². The van der Waals surface area contributed by atoms with Gasteiger partial charge in [0, 0.05) is 30.8 Å². The first-order valence-corrected chi connectivity index (χ1v) is 10.3. The molecule has 0 unspecified atom stereocenters. The van der Waals surface area contributed by atoms with Gasteiger partial charge in [0.1, 0.15) is 5.82 Å². The van der Waals surface area contributed by atoms with Crippen LogP contribution in [0, 0.1) is 11.6 Å². The maximum Gasteiger partial charge on any atom is 0.258 e. The molecule has 0 saturated carbocycles. The van der Waals surface area contributed by atoms with Crippen molar-refractivity contribution in [2.24, 2.45) is 0 Å². The minimum absolute atomic E-state index is 0.0246. The number of anilines is 3. The summed E-state index contributed by atoms with van der Waals surface area (Å²) >= 11 is 0. The Balaban J connectivity index is 1.65. The molecular weight excluding hydrogens is 408 g/mol. The molecule has 2 aromatic rings. The number of hydrogen-bond acceptors (Lipinski definition) is 5. The SMILES string of the molecule is CC[C@H]1CCCCN1c1nc2c(c(=O)[nH]1)[C@@H](C(=O)Nc1ccc(F)c(F)c1)CC(=O)N2. The van der Waals surface area contributed by atoms with Crippen LogP contribution < -0.4 is 21.1 Å². The van der Waals surface area contributed by atoms with Crippen LogP contribution in [0.5, 0.6) is 0 Å². The number of amides is 2. The fourth-order valence-corrected chi connectivity index (χ4v) is 4.23. The van der Waals surface area contributed by atoms with Crippen molar-refractivity contribution in [3.63, 3.8) is 0 Å². The van der Waals surface area contributed by atoms with Crippen LogP contribution in [0.1, 0.15) is 50.5 Å². The molecule has 2 amide bonds. The molecule has 0 bridgehead atoms. The van der Waals surface area contributed by atoms with Crippen molar-refractivity contribution in [3.8, 4) is 0 Å². The third-order valence-electron chi connectivity index (χ3n) is 5.81. The van der Waals surface area contributed by atoms with Crippen LogP contribution in [0.2, 0.25) is 0 Å². The Morgan fingerprint density at radius 1 is 1.26 bits per heavy atom. The van der Waals surface area contributed by atoms with Gasteiger partial charge in [0.05, 0.1) is 11.5 Å². The van der Waals surface area contributed by atoms with Crippen molar-refractivity contribution in [3.05, 3.63) is 45.8 Å². The molecule has 31 heavy (non-hydrogen) atoms. The van der Waals surface area contributed by atoms with Crippen molar-refractivity contribution in [1.82, 2.24) is 9.97 Å². The highest BCUT2D eigenvalue weighted by Crippen LogP contribution is 2.31. The number of aromatic nitrogens is 2. The van der Waals surface area contributed by atoms with Gasteiger partial charge in [-0.1, -0.05) is 6.92 Å². The predicted octanol–water partition coefficient (Wildman–Crippen LogP) is 2.88. The van der Waals surface area contributed by atoms with Gasteiger partial charge in [0.25, 0.3) is 5.56 Å². The Morgan fingerprint density at radius 3 is 2.81 bits per heavy atom. The normalized spacial score (nSPS) is 20.7. The molecule has 1 aromatic heterocycles. The van der Waals surface area contributed by atoms with Gasteiger partial charge in [0.2, 0.25) is 17.8 Å². The second kappa shape index (κ2) is 8.44. The molecule has 2 atom stereocenters. The minimum atomic E-state index is -1.12. The van der Waals surface area contributed by atoms with Crippen molar-refractivity contribution >= 4 is 29.3 Å². The predicted molar refractivity (Wildman–Crippen MR) is 111 cm³/mol. The highest BCUT2D eigenvalue weighted by molar-refractivity contribution is 6.04. The number of rotatable bonds is 4. The molecule has 10 heteroatoms. The molecule has 1 aromatic carbocycles. The van der Waals surface area contributed by atoms with Gasteiger partial charge in [-0.15, -0.1) is 0 Å². The number of piperidine rings is 1. The van der Waals surface area contributed by atoms with Crippen LogP contribution in [0.25, 0.3) is 0 Å². The second-order valence-electron chi connectivity index (χ2n) is 7.83. The zero-order chi connectivity index (χ0) is 22.1. The van der Waals surface area contributed by atoms with E-state index in [0.29, 0.717) is 5.95 Å². The third kappa shape index (κ3) is 4.14. The summed E-state index contributed by atoms with van der Waals surface area (Å²) < 4.78 is 26.6. The molecular formula is C21H23F2N5O3. The fraction of sp³-hybridized carbons (Fsp3) is 0.429. The average molecular weight is 431 g/mol. The van der Waals surface area contributed by atoms with Gasteiger partial charge >= 0.3 is 0 Å². The summed E-state index contributed by atoms with van der Waals surface area (Å²) in [7, 11) is 0. The lowest BCUT2D eigenvalue weighted by molar-refractivity contribution is -0.123. The monoisotopic (exact) mass is 431 g/mol. The number of nitrogens with one attached hydrogen (secondary N) is 3. The molecule has 1 fully saturated rings. The molecule has 0 spiro atoms. The topological polar surface area (TPSA) is 107 Å². The van der Waals surface area contributed by atoms with Crippen LogP contribution in [0.15, 0.2) is 23.0 Å². The molecule has 3 heterocycles. The maximum absolute atomic E-state index is 13.5. The summed E-state index contributed by atoms with van der Waals surface area (Å²) in [6.07, 6.45) is 3.71. The number of halogens is 2. The van der Waals surface area contributed by atoms with E-state index in [1.54, 1.807) is 0 Å². The molecule has 2 aliphatic heterocycles. The van der Waals surface area contributed by atoms with Gasteiger partial charge in [-0.25, -0.2) is 8.78 Å². The summed E-state index contributed by atoms with van der Waals surface area (Å²) in [5, 5.41) is 5.04. The number of carbonyl (C=O) groups excluding carboxylic acids is 2. The average Bonchev–Trinajstić information content (AvgIpc) is 2.75. The highest BCUT2D eigenvalue weighted by Gasteiger charge is 2.36. The molecule has 8 nitrogen and oxygen atoms in total. The first kappa shape index (κ1) is 21.0. The summed E-state index contributed by atoms with van der Waals surface area (Å²) in [5.74, 6) is -3.96. The van der Waals surface area contributed by atoms with Crippen molar-refractivity contribution < 1.29 is 18.4 Å². The Bertz CT molecular complexity index is 1090. The largest absolute Gasteiger partial charge is 0.339 e. The smallest absolute Gasteiger partial charge is 0.258 e. The Morgan fingerprint density at radius 2 is 2.06 bits per heavy atom. The lowest BCUT2D eigenvalue weighted by atomic mass is 9.92. The van der Waals surface area contributed by atoms with Gasteiger partial charge in [-0.2, -0.15) is 4.98 Å². The van der Waals surface area contributed by atoms with Crippen LogP contribution in [-0.4, -0.2) is 34.4 Å². The first-order valence-electron chi connectivity index (χ1n) is 10.3. The van der Waals surface area contributed by atoms with E-state index in [1.165, 1.54) is 6.07 Å². The van der Waals surface area contributed by atoms with Gasteiger partial charge in [0.15, 0.2) is 11.6 Å². The van der Waals surface area contributed by atoms with Gasteiger partial charge < -0.3 is 15.5 Å². The molecule has 3 N–H and O–H groups in total. The highest BCUT2D eigenvalue weighted by atomic mass is 19.2. The van der Waals surface area contributed by atoms with E-state index in [9.17, 15) is 23.2 Å². The molecule has 1 saturated heterocycles. The lowest BCUT2D eigenvalue weighted by Crippen LogP contribution is -2.43.